The first-order valence-corrected chi connectivity index (χ1v) is 6.69. The zero-order chi connectivity index (χ0) is 13.1. The number of rotatable bonds is 4. The summed E-state index contributed by atoms with van der Waals surface area (Å²) in [5.41, 5.74) is 9.16. The molecule has 1 heteroatoms. The van der Waals surface area contributed by atoms with Crippen LogP contribution < -0.4 is 5.73 Å². The van der Waals surface area contributed by atoms with Gasteiger partial charge in [0.15, 0.2) is 0 Å². The molecule has 96 valence electrons. The molecule has 0 heterocycles. The van der Waals surface area contributed by atoms with Crippen molar-refractivity contribution in [2.75, 3.05) is 0 Å². The molecule has 1 aromatic carbocycles. The quantitative estimate of drug-likeness (QED) is 0.838. The van der Waals surface area contributed by atoms with Gasteiger partial charge in [-0.05, 0) is 28.9 Å². The molecule has 0 aliphatic carbocycles. The Morgan fingerprint density at radius 3 is 2.06 bits per heavy atom. The van der Waals surface area contributed by atoms with E-state index >= 15 is 0 Å². The van der Waals surface area contributed by atoms with Crippen LogP contribution in [0.5, 0.6) is 0 Å². The zero-order valence-electron chi connectivity index (χ0n) is 12.0. The third-order valence-corrected chi connectivity index (χ3v) is 3.67. The van der Waals surface area contributed by atoms with Crippen LogP contribution in [0.15, 0.2) is 24.3 Å². The lowest BCUT2D eigenvalue weighted by atomic mass is 9.86. The molecule has 0 spiro atoms. The summed E-state index contributed by atoms with van der Waals surface area (Å²) in [5, 5.41) is 0. The normalized spacial score (nSPS) is 15.6. The maximum absolute atomic E-state index is 6.18. The first-order chi connectivity index (χ1) is 7.84. The summed E-state index contributed by atoms with van der Waals surface area (Å²) in [7, 11) is 0. The topological polar surface area (TPSA) is 26.0 Å². The highest BCUT2D eigenvalue weighted by Gasteiger charge is 2.14. The van der Waals surface area contributed by atoms with Gasteiger partial charge < -0.3 is 5.73 Å². The van der Waals surface area contributed by atoms with Crippen molar-refractivity contribution in [1.29, 1.82) is 0 Å². The van der Waals surface area contributed by atoms with Crippen molar-refractivity contribution in [2.24, 2.45) is 11.7 Å². The van der Waals surface area contributed by atoms with Gasteiger partial charge in [-0.1, -0.05) is 65.3 Å². The summed E-state index contributed by atoms with van der Waals surface area (Å²) in [6.45, 7) is 11.2. The summed E-state index contributed by atoms with van der Waals surface area (Å²) in [6, 6.07) is 9.20. The standard InChI is InChI=1S/C16H27N/c1-6-12(2)15(17)11-13-7-9-14(10-8-13)16(3,4)5/h7-10,12,15H,6,11,17H2,1-5H3. The largest absolute Gasteiger partial charge is 0.327 e. The predicted molar refractivity (Wildman–Crippen MR) is 76.3 cm³/mol. The highest BCUT2D eigenvalue weighted by atomic mass is 14.6. The van der Waals surface area contributed by atoms with Crippen LogP contribution in [0.3, 0.4) is 0 Å². The number of benzene rings is 1. The van der Waals surface area contributed by atoms with Crippen molar-refractivity contribution in [3.05, 3.63) is 35.4 Å². The number of nitrogens with two attached hydrogens (primary N) is 1. The van der Waals surface area contributed by atoms with E-state index in [1.807, 2.05) is 0 Å². The summed E-state index contributed by atoms with van der Waals surface area (Å²) in [6.07, 6.45) is 2.14. The van der Waals surface area contributed by atoms with E-state index in [9.17, 15) is 0 Å². The van der Waals surface area contributed by atoms with Gasteiger partial charge in [0.25, 0.3) is 0 Å². The molecule has 0 fully saturated rings. The van der Waals surface area contributed by atoms with Crippen molar-refractivity contribution in [2.45, 2.75) is 58.9 Å². The van der Waals surface area contributed by atoms with Crippen LogP contribution in [0.4, 0.5) is 0 Å². The van der Waals surface area contributed by atoms with Gasteiger partial charge >= 0.3 is 0 Å². The number of hydrogen-bond acceptors (Lipinski definition) is 1. The van der Waals surface area contributed by atoms with Crippen LogP contribution >= 0.6 is 0 Å². The van der Waals surface area contributed by atoms with E-state index in [0.717, 1.165) is 12.8 Å². The van der Waals surface area contributed by atoms with Gasteiger partial charge in [-0.15, -0.1) is 0 Å². The van der Waals surface area contributed by atoms with E-state index in [2.05, 4.69) is 58.9 Å². The fourth-order valence-electron chi connectivity index (χ4n) is 1.92. The van der Waals surface area contributed by atoms with E-state index < -0.39 is 0 Å². The summed E-state index contributed by atoms with van der Waals surface area (Å²) in [4.78, 5) is 0. The van der Waals surface area contributed by atoms with Gasteiger partial charge in [0.1, 0.15) is 0 Å². The minimum Gasteiger partial charge on any atom is -0.327 e. The lowest BCUT2D eigenvalue weighted by Crippen LogP contribution is -2.30. The lowest BCUT2D eigenvalue weighted by molar-refractivity contribution is 0.440. The third-order valence-electron chi connectivity index (χ3n) is 3.67. The fourth-order valence-corrected chi connectivity index (χ4v) is 1.92. The Labute approximate surface area is 106 Å². The molecule has 0 radical (unpaired) electrons. The van der Waals surface area contributed by atoms with Gasteiger partial charge in [0.05, 0.1) is 0 Å². The average molecular weight is 233 g/mol. The van der Waals surface area contributed by atoms with Crippen molar-refractivity contribution in [3.8, 4) is 0 Å². The Balaban J connectivity index is 2.69. The van der Waals surface area contributed by atoms with E-state index in [1.165, 1.54) is 11.1 Å². The molecule has 1 rings (SSSR count). The SMILES string of the molecule is CCC(C)C(N)Cc1ccc(C(C)(C)C)cc1. The molecule has 0 saturated heterocycles. The van der Waals surface area contributed by atoms with Gasteiger partial charge in [-0.3, -0.25) is 0 Å². The maximum Gasteiger partial charge on any atom is 0.0105 e. The van der Waals surface area contributed by atoms with Crippen LogP contribution in [0.25, 0.3) is 0 Å². The lowest BCUT2D eigenvalue weighted by Gasteiger charge is -2.21. The molecule has 2 atom stereocenters. The highest BCUT2D eigenvalue weighted by Crippen LogP contribution is 2.22. The Morgan fingerprint density at radius 1 is 1.12 bits per heavy atom. The van der Waals surface area contributed by atoms with Crippen molar-refractivity contribution >= 4 is 0 Å². The van der Waals surface area contributed by atoms with Gasteiger partial charge in [-0.25, -0.2) is 0 Å². The molecule has 0 aliphatic heterocycles. The fraction of sp³-hybridized carbons (Fsp3) is 0.625. The Morgan fingerprint density at radius 2 is 1.65 bits per heavy atom. The van der Waals surface area contributed by atoms with Crippen LogP contribution in [-0.4, -0.2) is 6.04 Å². The van der Waals surface area contributed by atoms with Crippen LogP contribution in [-0.2, 0) is 11.8 Å². The highest BCUT2D eigenvalue weighted by molar-refractivity contribution is 5.28. The van der Waals surface area contributed by atoms with Gasteiger partial charge in [-0.2, -0.15) is 0 Å². The molecule has 1 nitrogen and oxygen atoms in total. The van der Waals surface area contributed by atoms with Crippen molar-refractivity contribution in [1.82, 2.24) is 0 Å². The first-order valence-electron chi connectivity index (χ1n) is 6.69. The Bertz CT molecular complexity index is 332. The summed E-state index contributed by atoms with van der Waals surface area (Å²) >= 11 is 0. The molecule has 0 amide bonds. The molecule has 17 heavy (non-hydrogen) atoms. The predicted octanol–water partition coefficient (Wildman–Crippen LogP) is 3.90. The van der Waals surface area contributed by atoms with Crippen LogP contribution in [0, 0.1) is 5.92 Å². The van der Waals surface area contributed by atoms with Crippen molar-refractivity contribution < 1.29 is 0 Å². The summed E-state index contributed by atoms with van der Waals surface area (Å²) in [5.74, 6) is 0.595. The third kappa shape index (κ3) is 4.16. The molecule has 0 bridgehead atoms. The van der Waals surface area contributed by atoms with Crippen LogP contribution in [0.1, 0.15) is 52.2 Å². The smallest absolute Gasteiger partial charge is 0.0105 e. The van der Waals surface area contributed by atoms with Crippen molar-refractivity contribution in [3.63, 3.8) is 0 Å². The molecule has 1 aromatic rings. The molecule has 0 aliphatic rings. The van der Waals surface area contributed by atoms with Crippen LogP contribution in [0.2, 0.25) is 0 Å². The Hall–Kier alpha value is -0.820. The van der Waals surface area contributed by atoms with E-state index in [0.29, 0.717) is 5.92 Å². The second-order valence-corrected chi connectivity index (χ2v) is 6.20. The minimum atomic E-state index is 0.233. The molecular weight excluding hydrogens is 206 g/mol. The van der Waals surface area contributed by atoms with E-state index in [1.54, 1.807) is 0 Å². The minimum absolute atomic E-state index is 0.233. The molecule has 0 aromatic heterocycles. The van der Waals surface area contributed by atoms with E-state index in [-0.39, 0.29) is 11.5 Å². The molecular formula is C16H27N. The summed E-state index contributed by atoms with van der Waals surface area (Å²) < 4.78 is 0. The monoisotopic (exact) mass is 233 g/mol. The van der Waals surface area contributed by atoms with Gasteiger partial charge in [0.2, 0.25) is 0 Å². The van der Waals surface area contributed by atoms with Gasteiger partial charge in [0, 0.05) is 6.04 Å². The van der Waals surface area contributed by atoms with E-state index in [4.69, 9.17) is 5.73 Å². The second kappa shape index (κ2) is 5.68. The zero-order valence-corrected chi connectivity index (χ0v) is 12.0. The molecule has 0 saturated carbocycles. The first kappa shape index (κ1) is 14.2. The molecule has 2 unspecified atom stereocenters. The maximum atomic E-state index is 6.18. The number of hydrogen-bond donors (Lipinski definition) is 1. The molecule has 2 N–H and O–H groups in total. The Kier molecular flexibility index (Phi) is 4.76. The second-order valence-electron chi connectivity index (χ2n) is 6.20. The average Bonchev–Trinajstić information content (AvgIpc) is 2.27.